The van der Waals surface area contributed by atoms with E-state index in [0.717, 1.165) is 121 Å². The molecule has 0 radical (unpaired) electrons. The number of hydrogen-bond acceptors (Lipinski definition) is 20. The van der Waals surface area contributed by atoms with E-state index in [0.29, 0.717) is 83.2 Å². The number of nitriles is 4. The van der Waals surface area contributed by atoms with Gasteiger partial charge in [0.1, 0.15) is 90.7 Å². The van der Waals surface area contributed by atoms with E-state index in [1.165, 1.54) is 15.9 Å². The van der Waals surface area contributed by atoms with E-state index in [1.807, 2.05) is 117 Å². The second-order valence-electron chi connectivity index (χ2n) is 34.9. The second kappa shape index (κ2) is 43.9. The Bertz CT molecular complexity index is 5910. The number of nitrogens with zero attached hydrogens (tertiary/aromatic N) is 10. The molecule has 4 saturated heterocycles. The molecule has 10 atom stereocenters. The number of alkyl halides is 2. The number of aliphatic hydroxyl groups is 2. The number of piperidine rings is 2. The number of halogens is 3. The average Bonchev–Trinajstić information content (AvgIpc) is 1.68. The maximum Gasteiger partial charge on any atom is 0.248 e. The molecule has 28 nitrogen and oxygen atoms in total. The number of carbonyl (C=O) groups excluding carboxylic acids is 6. The lowest BCUT2D eigenvalue weighted by Crippen LogP contribution is -2.50. The number of likely N-dealkylation sites (tertiary alicyclic amines) is 2. The molecule has 8 fully saturated rings. The minimum Gasteiger partial charge on any atom is -0.489 e. The van der Waals surface area contributed by atoms with Gasteiger partial charge in [-0.3, -0.25) is 38.1 Å². The van der Waals surface area contributed by atoms with Gasteiger partial charge in [-0.1, -0.05) is 74.0 Å². The molecule has 4 aliphatic heterocycles. The Labute approximate surface area is 774 Å². The number of aryl methyl sites for hydroxylation is 2. The highest BCUT2D eigenvalue weighted by Crippen LogP contribution is 2.50. The van der Waals surface area contributed by atoms with Crippen molar-refractivity contribution in [1.82, 2.24) is 29.4 Å². The summed E-state index contributed by atoms with van der Waals surface area (Å²) < 4.78 is 81.6. The number of aromatic nitrogens is 4. The second-order valence-corrected chi connectivity index (χ2v) is 34.9. The molecule has 4 aliphatic carbocycles. The van der Waals surface area contributed by atoms with Crippen LogP contribution in [0.4, 0.5) is 35.9 Å². The molecule has 0 bridgehead atoms. The summed E-state index contributed by atoms with van der Waals surface area (Å²) in [6.07, 6.45) is 13.5. The molecule has 10 aromatic rings. The van der Waals surface area contributed by atoms with E-state index in [1.54, 1.807) is 88.5 Å². The van der Waals surface area contributed by atoms with Gasteiger partial charge in [0.2, 0.25) is 35.4 Å². The van der Waals surface area contributed by atoms with Crippen molar-refractivity contribution < 1.29 is 80.6 Å². The van der Waals surface area contributed by atoms with Crippen LogP contribution in [0.1, 0.15) is 136 Å². The van der Waals surface area contributed by atoms with Crippen LogP contribution in [0.15, 0.2) is 189 Å². The van der Waals surface area contributed by atoms with Crippen LogP contribution in [0, 0.1) is 80.7 Å². The summed E-state index contributed by atoms with van der Waals surface area (Å²) >= 11 is 0. The van der Waals surface area contributed by atoms with Crippen LogP contribution in [0.25, 0.3) is 44.5 Å². The van der Waals surface area contributed by atoms with Crippen molar-refractivity contribution in [1.29, 1.82) is 21.0 Å². The Morgan fingerprint density at radius 3 is 1.19 bits per heavy atom. The summed E-state index contributed by atoms with van der Waals surface area (Å²) in [5.74, 6) is 1.18. The number of benzene rings is 8. The molecule has 0 spiro atoms. The highest BCUT2D eigenvalue weighted by molar-refractivity contribution is 5.98. The molecule has 6 amide bonds. The van der Waals surface area contributed by atoms with Crippen LogP contribution in [0.3, 0.4) is 0 Å². The van der Waals surface area contributed by atoms with Gasteiger partial charge >= 0.3 is 0 Å². The molecule has 692 valence electrons. The lowest BCUT2D eigenvalue weighted by atomic mass is 10.0. The van der Waals surface area contributed by atoms with Crippen molar-refractivity contribution in [3.8, 4) is 91.8 Å². The number of hydrogen-bond donors (Lipinski definition) is 6. The van der Waals surface area contributed by atoms with E-state index in [4.69, 9.17) is 38.6 Å². The molecule has 4 saturated carbocycles. The van der Waals surface area contributed by atoms with Gasteiger partial charge in [0.05, 0.1) is 74.2 Å². The first-order chi connectivity index (χ1) is 65.0. The first-order valence-corrected chi connectivity index (χ1v) is 45.4. The summed E-state index contributed by atoms with van der Waals surface area (Å²) in [7, 11) is 3.71. The third kappa shape index (κ3) is 24.4. The van der Waals surface area contributed by atoms with Crippen molar-refractivity contribution in [3.05, 3.63) is 228 Å². The first-order valence-electron chi connectivity index (χ1n) is 45.4. The third-order valence-corrected chi connectivity index (χ3v) is 25.2. The highest BCUT2D eigenvalue weighted by Gasteiger charge is 2.47. The predicted octanol–water partition coefficient (Wildman–Crippen LogP) is 15.5. The number of anilines is 4. The summed E-state index contributed by atoms with van der Waals surface area (Å²) in [4.78, 5) is 75.8. The molecule has 31 heteroatoms. The van der Waals surface area contributed by atoms with Gasteiger partial charge in [-0.15, -0.1) is 0 Å². The zero-order chi connectivity index (χ0) is 94.1. The minimum atomic E-state index is -1.44. The zero-order valence-electron chi connectivity index (χ0n) is 74.6. The predicted molar refractivity (Wildman–Crippen MR) is 492 cm³/mol. The minimum absolute atomic E-state index is 0.0180. The van der Waals surface area contributed by atoms with Crippen LogP contribution in [-0.2, 0) is 52.3 Å². The molecule has 2 aromatic heterocycles. The summed E-state index contributed by atoms with van der Waals surface area (Å²) in [5.41, 5.74) is 12.1. The van der Waals surface area contributed by atoms with Gasteiger partial charge in [0.15, 0.2) is 12.3 Å². The van der Waals surface area contributed by atoms with Gasteiger partial charge in [-0.2, -0.15) is 31.2 Å². The Morgan fingerprint density at radius 1 is 0.448 bits per heavy atom. The summed E-state index contributed by atoms with van der Waals surface area (Å²) in [6.45, 7) is 3.76. The topological polar surface area (TPSA) is 384 Å². The van der Waals surface area contributed by atoms with Crippen LogP contribution in [0.2, 0.25) is 0 Å². The van der Waals surface area contributed by atoms with Crippen LogP contribution < -0.4 is 40.2 Å². The molecule has 2 unspecified atom stereocenters. The Balaban J connectivity index is 0.000000137. The van der Waals surface area contributed by atoms with Gasteiger partial charge in [-0.05, 0) is 209 Å². The number of nitrogens with one attached hydrogen (secondary N) is 4. The SMILES string of the molecule is CCC[C@H]1C[C@@H]1C(=O)Nc1cccc(-c2ccc(OC3CCOCC3)c(C#N)c2)c1.Cn1cc(C2CC2C(=O)Nc2cccc(-c3ccc(O[C@H]4CCN(C(=O)CO)C[C@H]4F)c(C#N)c3)c2)cn1.Cn1cc([C@@H]2C[C@H]2C(=O)Nc2cccc(-c3ccc(O[C@H]4CCN(C(=O)CO)C[C@H]4F)c(C#N)c3)c2)cn1.N#Cc1cc(-c2cc(NC(=O)C3CC3)ccc2F)ccc1OC1CCOCC1. The van der Waals surface area contributed by atoms with Crippen LogP contribution in [-0.4, -0.2) is 178 Å². The largest absolute Gasteiger partial charge is 0.489 e. The fraction of sp³-hybridized carbons (Fsp3) is 0.379. The maximum atomic E-state index is 14.7. The van der Waals surface area contributed by atoms with Gasteiger partial charge in [-0.25, -0.2) is 13.2 Å². The zero-order valence-corrected chi connectivity index (χ0v) is 74.6. The van der Waals surface area contributed by atoms with Crippen LogP contribution in [0.5, 0.6) is 23.0 Å². The maximum absolute atomic E-state index is 14.7. The number of carbonyl (C=O) groups is 6. The van der Waals surface area contributed by atoms with Crippen molar-refractivity contribution >= 4 is 58.2 Å². The Morgan fingerprint density at radius 2 is 0.821 bits per heavy atom. The Hall–Kier alpha value is -14.2. The quantitative estimate of drug-likeness (QED) is 0.0293. The van der Waals surface area contributed by atoms with Crippen molar-refractivity contribution in [2.24, 2.45) is 43.7 Å². The number of amides is 6. The lowest BCUT2D eigenvalue weighted by molar-refractivity contribution is -0.138. The first kappa shape index (κ1) is 94.4. The smallest absolute Gasteiger partial charge is 0.248 e. The van der Waals surface area contributed by atoms with E-state index >= 15 is 0 Å². The molecule has 134 heavy (non-hydrogen) atoms. The molecule has 6 N–H and O–H groups in total. The van der Waals surface area contributed by atoms with E-state index < -0.39 is 55.4 Å². The van der Waals surface area contributed by atoms with Gasteiger partial charge in [0, 0.05) is 130 Å². The van der Waals surface area contributed by atoms with E-state index in [2.05, 4.69) is 62.7 Å². The fourth-order valence-corrected chi connectivity index (χ4v) is 17.2. The summed E-state index contributed by atoms with van der Waals surface area (Å²) in [6, 6.07) is 56.6. The number of aliphatic hydroxyl groups excluding tert-OH is 2. The number of rotatable bonds is 26. The fourth-order valence-electron chi connectivity index (χ4n) is 17.2. The third-order valence-electron chi connectivity index (χ3n) is 25.2. The molecule has 8 aromatic carbocycles. The molecule has 6 heterocycles. The van der Waals surface area contributed by atoms with Crippen molar-refractivity contribution in [3.63, 3.8) is 0 Å². The monoisotopic (exact) mass is 1820 g/mol. The van der Waals surface area contributed by atoms with Crippen LogP contribution >= 0.6 is 0 Å². The normalized spacial score (nSPS) is 21.0. The summed E-state index contributed by atoms with van der Waals surface area (Å²) in [5, 5.41) is 76.8. The van der Waals surface area contributed by atoms with E-state index in [9.17, 15) is 63.0 Å². The van der Waals surface area contributed by atoms with Gasteiger partial charge in [0.25, 0.3) is 0 Å². The Kier molecular flexibility index (Phi) is 30.9. The van der Waals surface area contributed by atoms with Gasteiger partial charge < -0.3 is 69.7 Å². The molecule has 18 rings (SSSR count). The average molecular weight is 1820 g/mol. The number of ether oxygens (including phenoxy) is 6. The molecular weight excluding hydrogens is 1710 g/mol. The molecular formula is C103H105F3N14O14. The molecule has 8 aliphatic rings. The lowest BCUT2D eigenvalue weighted by Gasteiger charge is -2.34. The van der Waals surface area contributed by atoms with Crippen molar-refractivity contribution in [2.75, 3.05) is 87.1 Å². The standard InChI is InChI=1S/2C28H28FN5O4.C25H28N2O3.C22H21FN2O3/c2*1-33-14-20(13-31-33)22-11-23(22)28(37)32-21-4-2-3-17(10-21)18-5-6-25(19(9-18)12-30)38-26-7-8-34(15-24(26)29)27(36)16-35;1-2-4-19-15-23(19)25(28)27-21-6-3-5-17(14-21)18-7-8-24(20(13-18)16-26)30-22-9-11-29-12-10-22;23-20-5-4-17(25-22(26)14-1-2-14)12-19(20)15-3-6-21(16(11-15)13-24)28-18-7-9-27-10-8-18/h2*2-6,9-10,13-14,22-24,26,35H,7-8,11,15-16H2,1H3,(H,32,37);3,5-8,13-14,19,22-23H,2,4,9-12,15H2,1H3,(H,27,28);3-6,11-12,14,18H,1-2,7-10H2,(H,25,26)/t22?,23?,24-,26+;22-,23+,24+,26-;19-,23-;/m100./s1. The van der Waals surface area contributed by atoms with Crippen molar-refractivity contribution in [2.45, 2.75) is 139 Å². The van der Waals surface area contributed by atoms with E-state index in [-0.39, 0.29) is 133 Å². The highest BCUT2D eigenvalue weighted by atomic mass is 19.1.